The fourth-order valence-electron chi connectivity index (χ4n) is 3.68. The average Bonchev–Trinajstić information content (AvgIpc) is 3.06. The molecule has 1 aliphatic heterocycles. The number of ether oxygens (including phenoxy) is 1. The number of halogens is 1. The minimum Gasteiger partial charge on any atom is -0.374 e. The van der Waals surface area contributed by atoms with Crippen molar-refractivity contribution in [2.24, 2.45) is 5.73 Å². The molecular formula is C23H32ClN3O2. The van der Waals surface area contributed by atoms with Gasteiger partial charge in [0.1, 0.15) is 0 Å². The second-order valence-electron chi connectivity index (χ2n) is 7.78. The summed E-state index contributed by atoms with van der Waals surface area (Å²) in [7, 11) is 0. The van der Waals surface area contributed by atoms with Crippen LogP contribution in [-0.4, -0.2) is 42.6 Å². The molecule has 158 valence electrons. The Labute approximate surface area is 180 Å². The molecule has 0 saturated carbocycles. The quantitative estimate of drug-likeness (QED) is 0.692. The lowest BCUT2D eigenvalue weighted by atomic mass is 9.95. The topological polar surface area (TPSA) is 67.6 Å². The van der Waals surface area contributed by atoms with E-state index in [2.05, 4.69) is 22.3 Å². The van der Waals surface area contributed by atoms with Crippen LogP contribution >= 0.6 is 12.4 Å². The van der Waals surface area contributed by atoms with Crippen LogP contribution in [-0.2, 0) is 22.7 Å². The molecular weight excluding hydrogens is 386 g/mol. The number of nitrogens with two attached hydrogens (primary N) is 1. The summed E-state index contributed by atoms with van der Waals surface area (Å²) in [5.41, 5.74) is 9.79. The first-order valence-electron chi connectivity index (χ1n) is 10.0. The Kier molecular flexibility index (Phi) is 9.11. The first kappa shape index (κ1) is 23.4. The number of carbonyl (C=O) groups excluding carboxylic acids is 1. The number of nitrogens with zero attached hydrogens (tertiary/aromatic N) is 1. The molecule has 0 aliphatic carbocycles. The minimum absolute atomic E-state index is 0. The molecule has 0 aromatic heterocycles. The van der Waals surface area contributed by atoms with Gasteiger partial charge in [-0.3, -0.25) is 9.69 Å². The molecule has 0 unspecified atom stereocenters. The number of benzene rings is 2. The van der Waals surface area contributed by atoms with E-state index >= 15 is 0 Å². The Morgan fingerprint density at radius 3 is 2.45 bits per heavy atom. The number of likely N-dealkylation sites (tertiary alicyclic amines) is 1. The van der Waals surface area contributed by atoms with Gasteiger partial charge in [-0.2, -0.15) is 0 Å². The van der Waals surface area contributed by atoms with Crippen molar-refractivity contribution in [2.75, 3.05) is 19.6 Å². The molecule has 6 heteroatoms. The first-order valence-corrected chi connectivity index (χ1v) is 10.0. The Hall–Kier alpha value is -1.92. The third kappa shape index (κ3) is 6.82. The number of carbonyl (C=O) groups is 1. The fraction of sp³-hybridized carbons (Fsp3) is 0.435. The van der Waals surface area contributed by atoms with Crippen molar-refractivity contribution in [3.05, 3.63) is 71.3 Å². The molecule has 2 atom stereocenters. The van der Waals surface area contributed by atoms with Gasteiger partial charge in [0.15, 0.2) is 0 Å². The number of nitrogens with one attached hydrogen (secondary N) is 1. The van der Waals surface area contributed by atoms with Gasteiger partial charge < -0.3 is 15.8 Å². The maximum atomic E-state index is 12.5. The molecule has 2 aromatic rings. The number of hydrogen-bond acceptors (Lipinski definition) is 4. The summed E-state index contributed by atoms with van der Waals surface area (Å²) < 4.78 is 5.71. The summed E-state index contributed by atoms with van der Waals surface area (Å²) in [5, 5.41) is 3.05. The lowest BCUT2D eigenvalue weighted by Gasteiger charge is -2.17. The van der Waals surface area contributed by atoms with Crippen LogP contribution in [0.1, 0.15) is 36.5 Å². The van der Waals surface area contributed by atoms with Crippen LogP contribution < -0.4 is 11.1 Å². The van der Waals surface area contributed by atoms with Crippen LogP contribution in [0.5, 0.6) is 0 Å². The predicted molar refractivity (Wildman–Crippen MR) is 119 cm³/mol. The summed E-state index contributed by atoms with van der Waals surface area (Å²) in [4.78, 5) is 14.6. The van der Waals surface area contributed by atoms with E-state index in [9.17, 15) is 4.79 Å². The summed E-state index contributed by atoms with van der Waals surface area (Å²) >= 11 is 0. The molecule has 1 fully saturated rings. The molecule has 0 radical (unpaired) electrons. The van der Waals surface area contributed by atoms with Crippen molar-refractivity contribution in [1.29, 1.82) is 0 Å². The molecule has 0 spiro atoms. The highest BCUT2D eigenvalue weighted by atomic mass is 35.5. The van der Waals surface area contributed by atoms with Crippen molar-refractivity contribution in [1.82, 2.24) is 10.2 Å². The maximum absolute atomic E-state index is 12.5. The molecule has 1 amide bonds. The van der Waals surface area contributed by atoms with Crippen molar-refractivity contribution in [3.8, 4) is 0 Å². The molecule has 0 bridgehead atoms. The van der Waals surface area contributed by atoms with Crippen molar-refractivity contribution in [2.45, 2.75) is 45.1 Å². The minimum atomic E-state index is 0. The van der Waals surface area contributed by atoms with Crippen molar-refractivity contribution < 1.29 is 9.53 Å². The van der Waals surface area contributed by atoms with E-state index in [4.69, 9.17) is 10.5 Å². The van der Waals surface area contributed by atoms with Gasteiger partial charge in [-0.25, -0.2) is 0 Å². The van der Waals surface area contributed by atoms with Gasteiger partial charge in [0.25, 0.3) is 0 Å². The van der Waals surface area contributed by atoms with Crippen LogP contribution in [0.2, 0.25) is 0 Å². The molecule has 1 heterocycles. The number of rotatable bonds is 8. The second kappa shape index (κ2) is 11.3. The van der Waals surface area contributed by atoms with E-state index in [1.165, 1.54) is 5.56 Å². The molecule has 3 N–H and O–H groups in total. The smallest absolute Gasteiger partial charge is 0.234 e. The van der Waals surface area contributed by atoms with Gasteiger partial charge in [0.2, 0.25) is 5.91 Å². The highest BCUT2D eigenvalue weighted by Crippen LogP contribution is 2.26. The van der Waals surface area contributed by atoms with Gasteiger partial charge in [0.05, 0.1) is 19.3 Å². The summed E-state index contributed by atoms with van der Waals surface area (Å²) in [5.74, 6) is 0.309. The number of amides is 1. The van der Waals surface area contributed by atoms with Crippen molar-refractivity contribution >= 4 is 18.3 Å². The van der Waals surface area contributed by atoms with Crippen LogP contribution in [0, 0.1) is 0 Å². The zero-order valence-electron chi connectivity index (χ0n) is 17.2. The normalized spacial score (nSPS) is 19.2. The lowest BCUT2D eigenvalue weighted by molar-refractivity contribution is -0.122. The van der Waals surface area contributed by atoms with E-state index in [-0.39, 0.29) is 36.4 Å². The lowest BCUT2D eigenvalue weighted by Crippen LogP contribution is -2.37. The van der Waals surface area contributed by atoms with E-state index < -0.39 is 0 Å². The monoisotopic (exact) mass is 417 g/mol. The molecule has 5 nitrogen and oxygen atoms in total. The number of hydrogen-bond donors (Lipinski definition) is 2. The van der Waals surface area contributed by atoms with E-state index in [1.54, 1.807) is 0 Å². The molecule has 1 aliphatic rings. The van der Waals surface area contributed by atoms with Crippen LogP contribution in [0.3, 0.4) is 0 Å². The molecule has 3 rings (SSSR count). The molecule has 2 aromatic carbocycles. The van der Waals surface area contributed by atoms with Crippen LogP contribution in [0.15, 0.2) is 54.6 Å². The Balaban J connectivity index is 0.00000300. The Morgan fingerprint density at radius 2 is 1.76 bits per heavy atom. The predicted octanol–water partition coefficient (Wildman–Crippen LogP) is 3.08. The zero-order valence-corrected chi connectivity index (χ0v) is 18.0. The van der Waals surface area contributed by atoms with Crippen LogP contribution in [0.25, 0.3) is 0 Å². The third-order valence-corrected chi connectivity index (χ3v) is 5.20. The van der Waals surface area contributed by atoms with E-state index in [0.29, 0.717) is 19.7 Å². The fourth-order valence-corrected chi connectivity index (χ4v) is 3.68. The summed E-state index contributed by atoms with van der Waals surface area (Å²) in [6, 6.07) is 18.5. The highest BCUT2D eigenvalue weighted by Gasteiger charge is 2.31. The second-order valence-corrected chi connectivity index (χ2v) is 7.78. The largest absolute Gasteiger partial charge is 0.374 e. The van der Waals surface area contributed by atoms with Crippen molar-refractivity contribution in [3.63, 3.8) is 0 Å². The first-order chi connectivity index (χ1) is 13.5. The molecule has 1 saturated heterocycles. The summed E-state index contributed by atoms with van der Waals surface area (Å²) in [6.45, 7) is 7.05. The Morgan fingerprint density at radius 1 is 1.10 bits per heavy atom. The zero-order chi connectivity index (χ0) is 19.9. The highest BCUT2D eigenvalue weighted by molar-refractivity contribution is 5.85. The van der Waals surface area contributed by atoms with E-state index in [0.717, 1.165) is 24.2 Å². The van der Waals surface area contributed by atoms with E-state index in [1.807, 2.05) is 56.3 Å². The van der Waals surface area contributed by atoms with Crippen LogP contribution in [0.4, 0.5) is 0 Å². The van der Waals surface area contributed by atoms with Gasteiger partial charge in [-0.1, -0.05) is 54.6 Å². The molecule has 29 heavy (non-hydrogen) atoms. The maximum Gasteiger partial charge on any atom is 0.234 e. The Bertz CT molecular complexity index is 770. The average molecular weight is 418 g/mol. The van der Waals surface area contributed by atoms with Gasteiger partial charge in [0, 0.05) is 31.6 Å². The third-order valence-electron chi connectivity index (χ3n) is 5.20. The summed E-state index contributed by atoms with van der Waals surface area (Å²) in [6.07, 6.45) is 0.180. The van der Waals surface area contributed by atoms with Gasteiger partial charge >= 0.3 is 0 Å². The van der Waals surface area contributed by atoms with Gasteiger partial charge in [-0.05, 0) is 30.5 Å². The SMILES string of the molecule is CC(C)OCc1ccccc1CNC(=O)CN1C[C@@H](N)[C@H](c2ccccc2)C1.Cl. The standard InChI is InChI=1S/C23H31N3O2.ClH/c1-17(2)28-16-20-11-7-6-10-19(20)12-25-23(27)15-26-13-21(22(24)14-26)18-8-4-3-5-9-18;/h3-11,17,21-22H,12-16,24H2,1-2H3,(H,25,27);1H/t21-,22+;/m0./s1. The van der Waals surface area contributed by atoms with Gasteiger partial charge in [-0.15, -0.1) is 12.4 Å².